The molecule has 0 bridgehead atoms. The lowest BCUT2D eigenvalue weighted by Crippen LogP contribution is -2.02. The SMILES string of the molecule is O=C1CC(c2cccc(-n3cnnn3)c2)=NO1. The van der Waals surface area contributed by atoms with E-state index in [0.717, 1.165) is 11.3 Å². The number of aromatic nitrogens is 4. The molecule has 1 aliphatic rings. The largest absolute Gasteiger partial charge is 0.341 e. The lowest BCUT2D eigenvalue weighted by atomic mass is 10.1. The van der Waals surface area contributed by atoms with Gasteiger partial charge in [-0.15, -0.1) is 5.10 Å². The number of hydrogen-bond acceptors (Lipinski definition) is 6. The summed E-state index contributed by atoms with van der Waals surface area (Å²) in [5.74, 6) is -0.340. The highest BCUT2D eigenvalue weighted by Gasteiger charge is 2.19. The number of oxime groups is 1. The van der Waals surface area contributed by atoms with Crippen molar-refractivity contribution in [3.8, 4) is 5.69 Å². The summed E-state index contributed by atoms with van der Waals surface area (Å²) in [6.45, 7) is 0. The molecule has 0 saturated carbocycles. The van der Waals surface area contributed by atoms with Crippen LogP contribution in [0.3, 0.4) is 0 Å². The fourth-order valence-corrected chi connectivity index (χ4v) is 1.57. The third-order valence-corrected chi connectivity index (χ3v) is 2.36. The van der Waals surface area contributed by atoms with Crippen LogP contribution in [-0.4, -0.2) is 31.9 Å². The van der Waals surface area contributed by atoms with E-state index < -0.39 is 0 Å². The highest BCUT2D eigenvalue weighted by Crippen LogP contribution is 2.15. The number of carbonyl (C=O) groups is 1. The Hall–Kier alpha value is -2.57. The summed E-state index contributed by atoms with van der Waals surface area (Å²) >= 11 is 0. The number of nitrogens with zero attached hydrogens (tertiary/aromatic N) is 5. The Morgan fingerprint density at radius 2 is 2.29 bits per heavy atom. The summed E-state index contributed by atoms with van der Waals surface area (Å²) in [6.07, 6.45) is 1.69. The van der Waals surface area contributed by atoms with E-state index in [0.29, 0.717) is 5.71 Å². The first-order chi connectivity index (χ1) is 8.33. The zero-order valence-electron chi connectivity index (χ0n) is 8.65. The zero-order chi connectivity index (χ0) is 11.7. The first kappa shape index (κ1) is 9.64. The van der Waals surface area contributed by atoms with Crippen LogP contribution < -0.4 is 0 Å². The van der Waals surface area contributed by atoms with Crippen LogP contribution in [0.2, 0.25) is 0 Å². The molecule has 1 aliphatic heterocycles. The second-order valence-electron chi connectivity index (χ2n) is 3.48. The predicted molar refractivity (Wildman–Crippen MR) is 56.4 cm³/mol. The van der Waals surface area contributed by atoms with E-state index >= 15 is 0 Å². The smallest absolute Gasteiger partial charge is 0.318 e. The van der Waals surface area contributed by atoms with Gasteiger partial charge in [0.1, 0.15) is 6.33 Å². The first-order valence-electron chi connectivity index (χ1n) is 4.93. The Morgan fingerprint density at radius 1 is 1.35 bits per heavy atom. The van der Waals surface area contributed by atoms with E-state index in [-0.39, 0.29) is 12.4 Å². The van der Waals surface area contributed by atoms with Crippen molar-refractivity contribution in [3.05, 3.63) is 36.2 Å². The van der Waals surface area contributed by atoms with Crippen LogP contribution >= 0.6 is 0 Å². The molecule has 0 unspecified atom stereocenters. The molecule has 0 radical (unpaired) electrons. The summed E-state index contributed by atoms with van der Waals surface area (Å²) in [4.78, 5) is 15.5. The minimum Gasteiger partial charge on any atom is -0.318 e. The van der Waals surface area contributed by atoms with Gasteiger partial charge in [0.15, 0.2) is 0 Å². The van der Waals surface area contributed by atoms with Gasteiger partial charge in [-0.05, 0) is 22.6 Å². The number of benzene rings is 1. The zero-order valence-corrected chi connectivity index (χ0v) is 8.65. The summed E-state index contributed by atoms with van der Waals surface area (Å²) in [6, 6.07) is 7.40. The topological polar surface area (TPSA) is 82.3 Å². The second kappa shape index (κ2) is 3.78. The molecule has 0 saturated heterocycles. The van der Waals surface area contributed by atoms with Gasteiger partial charge >= 0.3 is 5.97 Å². The Balaban J connectivity index is 1.97. The number of tetrazole rings is 1. The number of carbonyl (C=O) groups excluding carboxylic acids is 1. The van der Waals surface area contributed by atoms with E-state index in [1.807, 2.05) is 24.3 Å². The number of hydrogen-bond donors (Lipinski definition) is 0. The molecule has 2 heterocycles. The third-order valence-electron chi connectivity index (χ3n) is 2.36. The fraction of sp³-hybridized carbons (Fsp3) is 0.100. The molecule has 1 aromatic heterocycles. The van der Waals surface area contributed by atoms with Crippen molar-refractivity contribution in [2.45, 2.75) is 6.42 Å². The van der Waals surface area contributed by atoms with E-state index in [1.54, 1.807) is 0 Å². The summed E-state index contributed by atoms with van der Waals surface area (Å²) in [5, 5.41) is 14.6. The lowest BCUT2D eigenvalue weighted by Gasteiger charge is -2.02. The maximum Gasteiger partial charge on any atom is 0.341 e. The van der Waals surface area contributed by atoms with Crippen LogP contribution in [0.5, 0.6) is 0 Å². The van der Waals surface area contributed by atoms with Gasteiger partial charge in [0.2, 0.25) is 0 Å². The molecule has 3 rings (SSSR count). The van der Waals surface area contributed by atoms with Crippen molar-refractivity contribution in [3.63, 3.8) is 0 Å². The van der Waals surface area contributed by atoms with Crippen molar-refractivity contribution in [1.82, 2.24) is 20.2 Å². The quantitative estimate of drug-likeness (QED) is 0.692. The molecule has 17 heavy (non-hydrogen) atoms. The van der Waals surface area contributed by atoms with Crippen molar-refractivity contribution in [2.75, 3.05) is 0 Å². The molecule has 7 heteroatoms. The maximum atomic E-state index is 11.0. The van der Waals surface area contributed by atoms with E-state index in [2.05, 4.69) is 25.5 Å². The molecule has 0 aliphatic carbocycles. The van der Waals surface area contributed by atoms with Crippen LogP contribution in [0, 0.1) is 0 Å². The molecule has 0 N–H and O–H groups in total. The van der Waals surface area contributed by atoms with Crippen molar-refractivity contribution in [1.29, 1.82) is 0 Å². The van der Waals surface area contributed by atoms with Gasteiger partial charge in [0.05, 0.1) is 17.8 Å². The molecule has 1 aromatic carbocycles. The molecule has 2 aromatic rings. The van der Waals surface area contributed by atoms with Crippen LogP contribution in [0.4, 0.5) is 0 Å². The maximum absolute atomic E-state index is 11.0. The Morgan fingerprint density at radius 3 is 3.00 bits per heavy atom. The standard InChI is InChI=1S/C10H7N5O2/c16-10-5-9(12-17-10)7-2-1-3-8(4-7)15-6-11-13-14-15/h1-4,6H,5H2. The minimum atomic E-state index is -0.340. The second-order valence-corrected chi connectivity index (χ2v) is 3.48. The van der Waals surface area contributed by atoms with Gasteiger partial charge < -0.3 is 4.84 Å². The predicted octanol–water partition coefficient (Wildman–Crippen LogP) is 0.313. The van der Waals surface area contributed by atoms with Crippen LogP contribution in [-0.2, 0) is 9.63 Å². The molecule has 0 atom stereocenters. The Labute approximate surface area is 95.7 Å². The third kappa shape index (κ3) is 1.78. The van der Waals surface area contributed by atoms with Gasteiger partial charge in [-0.3, -0.25) is 0 Å². The van der Waals surface area contributed by atoms with Gasteiger partial charge in [0, 0.05) is 5.56 Å². The van der Waals surface area contributed by atoms with Crippen LogP contribution in [0.25, 0.3) is 5.69 Å². The van der Waals surface area contributed by atoms with Crippen molar-refractivity contribution < 1.29 is 9.63 Å². The molecular formula is C10H7N5O2. The fourth-order valence-electron chi connectivity index (χ4n) is 1.57. The van der Waals surface area contributed by atoms with Gasteiger partial charge in [-0.1, -0.05) is 17.3 Å². The average molecular weight is 229 g/mol. The normalized spacial score (nSPS) is 14.6. The average Bonchev–Trinajstić information content (AvgIpc) is 3.00. The molecule has 0 spiro atoms. The molecular weight excluding hydrogens is 222 g/mol. The number of rotatable bonds is 2. The molecule has 0 fully saturated rings. The first-order valence-corrected chi connectivity index (χ1v) is 4.93. The van der Waals surface area contributed by atoms with Gasteiger partial charge in [0.25, 0.3) is 0 Å². The lowest BCUT2D eigenvalue weighted by molar-refractivity contribution is -0.140. The summed E-state index contributed by atoms with van der Waals surface area (Å²) in [7, 11) is 0. The Kier molecular flexibility index (Phi) is 2.14. The van der Waals surface area contributed by atoms with Gasteiger partial charge in [-0.2, -0.15) is 0 Å². The summed E-state index contributed by atoms with van der Waals surface area (Å²) < 4.78 is 1.53. The highest BCUT2D eigenvalue weighted by molar-refractivity contribution is 6.11. The van der Waals surface area contributed by atoms with E-state index in [4.69, 9.17) is 0 Å². The molecule has 84 valence electrons. The van der Waals surface area contributed by atoms with Crippen molar-refractivity contribution >= 4 is 11.7 Å². The highest BCUT2D eigenvalue weighted by atomic mass is 16.7. The van der Waals surface area contributed by atoms with Crippen molar-refractivity contribution in [2.24, 2.45) is 5.16 Å². The van der Waals surface area contributed by atoms with Crippen LogP contribution in [0.15, 0.2) is 35.7 Å². The van der Waals surface area contributed by atoms with E-state index in [1.165, 1.54) is 11.0 Å². The van der Waals surface area contributed by atoms with E-state index in [9.17, 15) is 4.79 Å². The Bertz CT molecular complexity index is 591. The van der Waals surface area contributed by atoms with Crippen LogP contribution in [0.1, 0.15) is 12.0 Å². The molecule has 7 nitrogen and oxygen atoms in total. The van der Waals surface area contributed by atoms with Gasteiger partial charge in [-0.25, -0.2) is 9.48 Å². The summed E-state index contributed by atoms with van der Waals surface area (Å²) in [5.41, 5.74) is 2.24. The monoisotopic (exact) mass is 229 g/mol. The molecule has 0 amide bonds. The minimum absolute atomic E-state index is 0.194.